The highest BCUT2D eigenvalue weighted by molar-refractivity contribution is 9.11. The van der Waals surface area contributed by atoms with Crippen LogP contribution in [-0.2, 0) is 0 Å². The highest BCUT2D eigenvalue weighted by Gasteiger charge is 2.27. The van der Waals surface area contributed by atoms with Gasteiger partial charge in [-0.2, -0.15) is 0 Å². The van der Waals surface area contributed by atoms with Crippen molar-refractivity contribution in [3.63, 3.8) is 0 Å². The summed E-state index contributed by atoms with van der Waals surface area (Å²) in [4.78, 5) is 7.05. The maximum absolute atomic E-state index is 4.12. The average molecular weight is 1160 g/mol. The first-order chi connectivity index (χ1) is 31.9. The smallest absolute Gasteiger partial charge is 0.1000 e. The first-order valence-electron chi connectivity index (χ1n) is 20.6. The summed E-state index contributed by atoms with van der Waals surface area (Å²) in [7, 11) is 0. The van der Waals surface area contributed by atoms with E-state index in [4.69, 9.17) is 0 Å². The number of hydrogen-bond acceptors (Lipinski definition) is 7. The molecule has 4 nitrogen and oxygen atoms in total. The Hall–Kier alpha value is -5.24. The van der Waals surface area contributed by atoms with Crippen LogP contribution in [0.3, 0.4) is 0 Å². The summed E-state index contributed by atoms with van der Waals surface area (Å²) in [5, 5.41) is 13.5. The van der Waals surface area contributed by atoms with Crippen molar-refractivity contribution in [3.05, 3.63) is 228 Å². The number of benzene rings is 7. The first kappa shape index (κ1) is 43.6. The van der Waals surface area contributed by atoms with Crippen molar-refractivity contribution in [2.24, 2.45) is 0 Å². The Bertz CT molecular complexity index is 3170. The van der Waals surface area contributed by atoms with Gasteiger partial charge in [-0.15, -0.1) is 34.0 Å². The summed E-state index contributed by atoms with van der Waals surface area (Å²) >= 11 is 21.5. The minimum absolute atomic E-state index is 0.952. The normalized spacial score (nSPS) is 11.1. The molecule has 0 unspecified atom stereocenters. The van der Waals surface area contributed by atoms with Gasteiger partial charge in [0.1, 0.15) is 0 Å². The predicted octanol–water partition coefficient (Wildman–Crippen LogP) is 20.4. The summed E-state index contributed by atoms with van der Waals surface area (Å²) in [6.07, 6.45) is 0. The van der Waals surface area contributed by atoms with Crippen LogP contribution in [0.25, 0.3) is 22.3 Å². The van der Waals surface area contributed by atoms with E-state index >= 15 is 0 Å². The standard InChI is InChI=1S/C54H36Br4N4S3/c55-44-31-41(45(56)30-40(44)42-32-49(48(34-46(42)57)59-36-16-5-1-6-17-36)60(52-24-13-27-63-52)37-18-7-2-8-19-37)43-33-50(61(53-25-14-28-64-53)38-20-9-3-10-21-38)51(35-47(43)58)62(54-26-15-29-65-54)39-22-11-4-12-23-39/h1-35,59H. The lowest BCUT2D eigenvalue weighted by Crippen LogP contribution is -2.16. The Morgan fingerprint density at radius 2 is 0.662 bits per heavy atom. The molecule has 10 rings (SSSR count). The lowest BCUT2D eigenvalue weighted by molar-refractivity contribution is 1.25. The number of rotatable bonds is 13. The molecule has 0 saturated carbocycles. The molecule has 0 amide bonds. The first-order valence-corrected chi connectivity index (χ1v) is 26.4. The van der Waals surface area contributed by atoms with Gasteiger partial charge in [0.2, 0.25) is 0 Å². The van der Waals surface area contributed by atoms with Gasteiger partial charge in [-0.05, 0) is 160 Å². The molecule has 0 fully saturated rings. The molecule has 0 aliphatic rings. The van der Waals surface area contributed by atoms with Gasteiger partial charge < -0.3 is 5.32 Å². The van der Waals surface area contributed by atoms with Crippen LogP contribution >= 0.6 is 97.7 Å². The largest absolute Gasteiger partial charge is 0.354 e. The van der Waals surface area contributed by atoms with E-state index in [1.54, 1.807) is 34.0 Å². The van der Waals surface area contributed by atoms with Gasteiger partial charge in [0.05, 0.1) is 37.8 Å². The van der Waals surface area contributed by atoms with E-state index in [9.17, 15) is 0 Å². The van der Waals surface area contributed by atoms with Crippen LogP contribution in [0.2, 0.25) is 0 Å². The summed E-state index contributed by atoms with van der Waals surface area (Å²) in [6, 6.07) is 68.4. The second-order valence-corrected chi connectivity index (χ2v) is 21.0. The number of nitrogens with one attached hydrogen (secondary N) is 1. The predicted molar refractivity (Wildman–Crippen MR) is 296 cm³/mol. The van der Waals surface area contributed by atoms with Crippen LogP contribution < -0.4 is 20.0 Å². The average Bonchev–Trinajstić information content (AvgIpc) is 4.17. The number of halogens is 4. The molecule has 0 saturated heterocycles. The fourth-order valence-corrected chi connectivity index (χ4v) is 12.4. The Kier molecular flexibility index (Phi) is 13.2. The zero-order valence-corrected chi connectivity index (χ0v) is 43.1. The maximum Gasteiger partial charge on any atom is 0.1000 e. The van der Waals surface area contributed by atoms with Crippen molar-refractivity contribution in [1.82, 2.24) is 0 Å². The van der Waals surface area contributed by atoms with Gasteiger partial charge in [0, 0.05) is 40.6 Å². The summed E-state index contributed by atoms with van der Waals surface area (Å²) < 4.78 is 3.82. The Morgan fingerprint density at radius 1 is 0.323 bits per heavy atom. The molecule has 3 aromatic heterocycles. The van der Waals surface area contributed by atoms with Crippen LogP contribution in [0, 0.1) is 0 Å². The number of hydrogen-bond donors (Lipinski definition) is 1. The van der Waals surface area contributed by atoms with Gasteiger partial charge in [-0.1, -0.05) is 137 Å². The van der Waals surface area contributed by atoms with E-state index in [2.05, 4.69) is 288 Å². The summed E-state index contributed by atoms with van der Waals surface area (Å²) in [5.41, 5.74) is 12.4. The van der Waals surface area contributed by atoms with E-state index in [0.29, 0.717) is 0 Å². The molecule has 1 N–H and O–H groups in total. The van der Waals surface area contributed by atoms with Crippen molar-refractivity contribution in [2.75, 3.05) is 20.0 Å². The van der Waals surface area contributed by atoms with Crippen molar-refractivity contribution < 1.29 is 0 Å². The SMILES string of the molecule is Brc1cc(-c2cc(N(c3ccccc3)c3cccs3)c(N(c3ccccc3)c3cccs3)cc2Br)c(Br)cc1-c1cc(N(c2ccccc2)c2cccs2)c(Nc2ccccc2)cc1Br. The third-order valence-electron chi connectivity index (χ3n) is 10.8. The third kappa shape index (κ3) is 9.16. The van der Waals surface area contributed by atoms with Crippen LogP contribution in [-0.4, -0.2) is 0 Å². The topological polar surface area (TPSA) is 21.8 Å². The summed E-state index contributed by atoms with van der Waals surface area (Å²) in [5.74, 6) is 0. The molecular formula is C54H36Br4N4S3. The molecule has 11 heteroatoms. The highest BCUT2D eigenvalue weighted by Crippen LogP contribution is 2.53. The zero-order valence-electron chi connectivity index (χ0n) is 34.3. The van der Waals surface area contributed by atoms with Crippen molar-refractivity contribution in [2.45, 2.75) is 0 Å². The van der Waals surface area contributed by atoms with Crippen molar-refractivity contribution >= 4 is 158 Å². The molecule has 0 spiro atoms. The Morgan fingerprint density at radius 3 is 1.08 bits per heavy atom. The van der Waals surface area contributed by atoms with Crippen LogP contribution in [0.5, 0.6) is 0 Å². The maximum atomic E-state index is 4.12. The Balaban J connectivity index is 1.15. The van der Waals surface area contributed by atoms with Crippen LogP contribution in [0.1, 0.15) is 0 Å². The van der Waals surface area contributed by atoms with Crippen molar-refractivity contribution in [1.29, 1.82) is 0 Å². The van der Waals surface area contributed by atoms with E-state index in [1.165, 1.54) is 0 Å². The molecule has 3 heterocycles. The fraction of sp³-hybridized carbons (Fsp3) is 0. The quantitative estimate of drug-likeness (QED) is 0.124. The molecule has 0 aliphatic carbocycles. The molecule has 65 heavy (non-hydrogen) atoms. The molecule has 0 aliphatic heterocycles. The van der Waals surface area contributed by atoms with Gasteiger partial charge in [-0.3, -0.25) is 14.7 Å². The number of nitrogens with zero attached hydrogens (tertiary/aromatic N) is 3. The zero-order chi connectivity index (χ0) is 44.3. The molecule has 0 bridgehead atoms. The molecule has 10 aromatic rings. The number of thiophene rings is 3. The molecule has 7 aromatic carbocycles. The van der Waals surface area contributed by atoms with Crippen molar-refractivity contribution in [3.8, 4) is 22.3 Å². The second-order valence-electron chi connectivity index (χ2n) is 14.8. The Labute approximate surface area is 424 Å². The lowest BCUT2D eigenvalue weighted by atomic mass is 9.98. The minimum Gasteiger partial charge on any atom is -0.354 e. The van der Waals surface area contributed by atoms with Gasteiger partial charge in [0.25, 0.3) is 0 Å². The summed E-state index contributed by atoms with van der Waals surface area (Å²) in [6.45, 7) is 0. The van der Waals surface area contributed by atoms with E-state index < -0.39 is 0 Å². The minimum atomic E-state index is 0.952. The van der Waals surface area contributed by atoms with Gasteiger partial charge in [-0.25, -0.2) is 0 Å². The molecule has 0 atom stereocenters. The molecule has 0 radical (unpaired) electrons. The molecular weight excluding hydrogens is 1120 g/mol. The van der Waals surface area contributed by atoms with Crippen LogP contribution in [0.15, 0.2) is 228 Å². The van der Waals surface area contributed by atoms with Gasteiger partial charge in [0.15, 0.2) is 0 Å². The highest BCUT2D eigenvalue weighted by atomic mass is 79.9. The van der Waals surface area contributed by atoms with E-state index in [1.807, 2.05) is 6.07 Å². The van der Waals surface area contributed by atoms with E-state index in [-0.39, 0.29) is 0 Å². The lowest BCUT2D eigenvalue weighted by Gasteiger charge is -2.32. The number of para-hydroxylation sites is 4. The van der Waals surface area contributed by atoms with Gasteiger partial charge >= 0.3 is 0 Å². The van der Waals surface area contributed by atoms with Crippen LogP contribution in [0.4, 0.5) is 60.5 Å². The molecule has 318 valence electrons. The third-order valence-corrected chi connectivity index (χ3v) is 16.0. The monoisotopic (exact) mass is 1150 g/mol. The number of anilines is 11. The fourth-order valence-electron chi connectivity index (χ4n) is 7.88. The van der Waals surface area contributed by atoms with E-state index in [0.717, 1.165) is 101 Å². The second kappa shape index (κ2) is 19.7.